The van der Waals surface area contributed by atoms with Gasteiger partial charge in [-0.2, -0.15) is 0 Å². The minimum absolute atomic E-state index is 0.000165. The molecule has 27 heavy (non-hydrogen) atoms. The SMILES string of the molecule is C=CC(=O)Nc1cccc(CC(=O)N(C)C(COC)Cc2ccccc2)c1. The van der Waals surface area contributed by atoms with Crippen molar-refractivity contribution in [2.75, 3.05) is 26.1 Å². The number of carbonyl (C=O) groups excluding carboxylic acids is 2. The monoisotopic (exact) mass is 366 g/mol. The first-order chi connectivity index (χ1) is 13.0. The molecule has 0 bridgehead atoms. The molecular weight excluding hydrogens is 340 g/mol. The average Bonchev–Trinajstić information content (AvgIpc) is 2.68. The highest BCUT2D eigenvalue weighted by atomic mass is 16.5. The van der Waals surface area contributed by atoms with Crippen molar-refractivity contribution < 1.29 is 14.3 Å². The zero-order valence-electron chi connectivity index (χ0n) is 15.9. The van der Waals surface area contributed by atoms with Gasteiger partial charge in [-0.25, -0.2) is 0 Å². The average molecular weight is 366 g/mol. The lowest BCUT2D eigenvalue weighted by molar-refractivity contribution is -0.132. The number of methoxy groups -OCH3 is 1. The molecule has 0 aliphatic heterocycles. The Kier molecular flexibility index (Phi) is 7.77. The predicted molar refractivity (Wildman–Crippen MR) is 108 cm³/mol. The summed E-state index contributed by atoms with van der Waals surface area (Å²) in [5, 5.41) is 2.71. The highest BCUT2D eigenvalue weighted by Gasteiger charge is 2.20. The standard InChI is InChI=1S/C22H26N2O3/c1-4-21(25)23-19-12-8-11-18(13-19)15-22(26)24(2)20(16-27-3)14-17-9-6-5-7-10-17/h4-13,20H,1,14-16H2,2-3H3,(H,23,25). The molecule has 5 nitrogen and oxygen atoms in total. The van der Waals surface area contributed by atoms with Gasteiger partial charge in [0.2, 0.25) is 11.8 Å². The van der Waals surface area contributed by atoms with E-state index >= 15 is 0 Å². The molecule has 1 atom stereocenters. The maximum atomic E-state index is 12.8. The third-order valence-electron chi connectivity index (χ3n) is 4.35. The number of nitrogens with one attached hydrogen (secondary N) is 1. The van der Waals surface area contributed by atoms with Gasteiger partial charge in [-0.3, -0.25) is 9.59 Å². The summed E-state index contributed by atoms with van der Waals surface area (Å²) in [6.45, 7) is 3.90. The van der Waals surface area contributed by atoms with Crippen LogP contribution in [-0.4, -0.2) is 43.5 Å². The minimum Gasteiger partial charge on any atom is -0.383 e. The molecule has 1 unspecified atom stereocenters. The summed E-state index contributed by atoms with van der Waals surface area (Å²) in [4.78, 5) is 26.0. The van der Waals surface area contributed by atoms with E-state index in [-0.39, 0.29) is 24.3 Å². The van der Waals surface area contributed by atoms with E-state index in [1.54, 1.807) is 31.2 Å². The third kappa shape index (κ3) is 6.38. The Morgan fingerprint density at radius 2 is 1.85 bits per heavy atom. The molecule has 2 aromatic carbocycles. The van der Waals surface area contributed by atoms with Crippen molar-refractivity contribution >= 4 is 17.5 Å². The number of benzene rings is 2. The molecule has 142 valence electrons. The number of likely N-dealkylation sites (N-methyl/N-ethyl adjacent to an activating group) is 1. The number of ether oxygens (including phenoxy) is 1. The summed E-state index contributed by atoms with van der Waals surface area (Å²) in [5.74, 6) is -0.279. The Bertz CT molecular complexity index is 774. The molecule has 5 heteroatoms. The molecule has 0 fully saturated rings. The maximum absolute atomic E-state index is 12.8. The maximum Gasteiger partial charge on any atom is 0.247 e. The van der Waals surface area contributed by atoms with Gasteiger partial charge in [0.05, 0.1) is 19.1 Å². The fourth-order valence-electron chi connectivity index (χ4n) is 2.84. The molecule has 2 amide bonds. The Balaban J connectivity index is 2.05. The van der Waals surface area contributed by atoms with Crippen LogP contribution in [0.2, 0.25) is 0 Å². The van der Waals surface area contributed by atoms with E-state index in [9.17, 15) is 9.59 Å². The lowest BCUT2D eigenvalue weighted by atomic mass is 10.0. The van der Waals surface area contributed by atoms with E-state index in [0.717, 1.165) is 17.5 Å². The fourth-order valence-corrected chi connectivity index (χ4v) is 2.84. The summed E-state index contributed by atoms with van der Waals surface area (Å²) in [6.07, 6.45) is 2.19. The van der Waals surface area contributed by atoms with Crippen LogP contribution in [0.4, 0.5) is 5.69 Å². The van der Waals surface area contributed by atoms with Gasteiger partial charge in [-0.1, -0.05) is 49.0 Å². The fraction of sp³-hybridized carbons (Fsp3) is 0.273. The molecule has 2 rings (SSSR count). The summed E-state index contributed by atoms with van der Waals surface area (Å²) >= 11 is 0. The van der Waals surface area contributed by atoms with Gasteiger partial charge < -0.3 is 15.0 Å². The molecule has 2 aromatic rings. The number of anilines is 1. The normalized spacial score (nSPS) is 11.5. The van der Waals surface area contributed by atoms with E-state index in [2.05, 4.69) is 11.9 Å². The number of amides is 2. The van der Waals surface area contributed by atoms with Crippen molar-refractivity contribution in [1.82, 2.24) is 4.90 Å². The van der Waals surface area contributed by atoms with Crippen molar-refractivity contribution in [3.8, 4) is 0 Å². The van der Waals surface area contributed by atoms with E-state index in [4.69, 9.17) is 4.74 Å². The highest BCUT2D eigenvalue weighted by Crippen LogP contribution is 2.14. The Hall–Kier alpha value is -2.92. The number of hydrogen-bond donors (Lipinski definition) is 1. The van der Waals surface area contributed by atoms with Gasteiger partial charge in [0.25, 0.3) is 0 Å². The lowest BCUT2D eigenvalue weighted by Gasteiger charge is -2.28. The molecular formula is C22H26N2O3. The Morgan fingerprint density at radius 3 is 2.52 bits per heavy atom. The van der Waals surface area contributed by atoms with Crippen LogP contribution in [0.15, 0.2) is 67.3 Å². The van der Waals surface area contributed by atoms with E-state index in [1.807, 2.05) is 42.5 Å². The molecule has 0 spiro atoms. The first-order valence-electron chi connectivity index (χ1n) is 8.84. The van der Waals surface area contributed by atoms with Crippen LogP contribution < -0.4 is 5.32 Å². The predicted octanol–water partition coefficient (Wildman–Crippen LogP) is 3.07. The number of hydrogen-bond acceptors (Lipinski definition) is 3. The molecule has 0 saturated carbocycles. The molecule has 0 saturated heterocycles. The topological polar surface area (TPSA) is 58.6 Å². The van der Waals surface area contributed by atoms with Crippen LogP contribution in [-0.2, 0) is 27.2 Å². The van der Waals surface area contributed by atoms with Crippen LogP contribution in [0.25, 0.3) is 0 Å². The number of rotatable bonds is 9. The summed E-state index contributed by atoms with van der Waals surface area (Å²) < 4.78 is 5.32. The molecule has 0 aromatic heterocycles. The Labute approximate surface area is 160 Å². The number of nitrogens with zero attached hydrogens (tertiary/aromatic N) is 1. The minimum atomic E-state index is -0.279. The van der Waals surface area contributed by atoms with Gasteiger partial charge in [0.1, 0.15) is 0 Å². The molecule has 0 aliphatic rings. The summed E-state index contributed by atoms with van der Waals surface area (Å²) in [5.41, 5.74) is 2.64. The first-order valence-corrected chi connectivity index (χ1v) is 8.84. The second kappa shape index (κ2) is 10.3. The van der Waals surface area contributed by atoms with Gasteiger partial charge in [0, 0.05) is 19.8 Å². The van der Waals surface area contributed by atoms with Crippen molar-refractivity contribution in [3.63, 3.8) is 0 Å². The molecule has 1 N–H and O–H groups in total. The van der Waals surface area contributed by atoms with Gasteiger partial charge in [0.15, 0.2) is 0 Å². The molecule has 0 aliphatic carbocycles. The van der Waals surface area contributed by atoms with Crippen LogP contribution in [0.1, 0.15) is 11.1 Å². The van der Waals surface area contributed by atoms with Crippen LogP contribution >= 0.6 is 0 Å². The summed E-state index contributed by atoms with van der Waals surface area (Å²) in [6, 6.07) is 17.3. The third-order valence-corrected chi connectivity index (χ3v) is 4.35. The highest BCUT2D eigenvalue weighted by molar-refractivity contribution is 5.98. The number of carbonyl (C=O) groups is 2. The van der Waals surface area contributed by atoms with E-state index in [0.29, 0.717) is 12.3 Å². The van der Waals surface area contributed by atoms with Gasteiger partial charge in [-0.05, 0) is 35.8 Å². The first kappa shape index (κ1) is 20.4. The van der Waals surface area contributed by atoms with Crippen LogP contribution in [0.3, 0.4) is 0 Å². The quantitative estimate of drug-likeness (QED) is 0.694. The van der Waals surface area contributed by atoms with Gasteiger partial charge >= 0.3 is 0 Å². The van der Waals surface area contributed by atoms with Crippen molar-refractivity contribution in [1.29, 1.82) is 0 Å². The lowest BCUT2D eigenvalue weighted by Crippen LogP contribution is -2.42. The Morgan fingerprint density at radius 1 is 1.15 bits per heavy atom. The van der Waals surface area contributed by atoms with Crippen LogP contribution in [0, 0.1) is 0 Å². The molecule has 0 heterocycles. The second-order valence-corrected chi connectivity index (χ2v) is 6.37. The zero-order chi connectivity index (χ0) is 19.6. The zero-order valence-corrected chi connectivity index (χ0v) is 15.9. The van der Waals surface area contributed by atoms with Crippen molar-refractivity contribution in [3.05, 3.63) is 78.4 Å². The summed E-state index contributed by atoms with van der Waals surface area (Å²) in [7, 11) is 3.44. The van der Waals surface area contributed by atoms with Crippen LogP contribution in [0.5, 0.6) is 0 Å². The smallest absolute Gasteiger partial charge is 0.247 e. The van der Waals surface area contributed by atoms with E-state index in [1.165, 1.54) is 6.08 Å². The van der Waals surface area contributed by atoms with Crippen molar-refractivity contribution in [2.24, 2.45) is 0 Å². The van der Waals surface area contributed by atoms with Gasteiger partial charge in [-0.15, -0.1) is 0 Å². The van der Waals surface area contributed by atoms with E-state index < -0.39 is 0 Å². The second-order valence-electron chi connectivity index (χ2n) is 6.37. The molecule has 0 radical (unpaired) electrons. The largest absolute Gasteiger partial charge is 0.383 e. The van der Waals surface area contributed by atoms with Crippen molar-refractivity contribution in [2.45, 2.75) is 18.9 Å².